The molecule has 2 heterocycles. The van der Waals surface area contributed by atoms with Gasteiger partial charge in [-0.3, -0.25) is 19.8 Å². The summed E-state index contributed by atoms with van der Waals surface area (Å²) >= 11 is 7.49. The molecule has 1 aromatic rings. The van der Waals surface area contributed by atoms with Crippen LogP contribution in [-0.4, -0.2) is 82.5 Å². The van der Waals surface area contributed by atoms with E-state index in [1.54, 1.807) is 36.0 Å². The summed E-state index contributed by atoms with van der Waals surface area (Å²) in [6, 6.07) is 3.03. The van der Waals surface area contributed by atoms with Crippen molar-refractivity contribution < 1.29 is 14.5 Å². The van der Waals surface area contributed by atoms with Crippen molar-refractivity contribution in [3.05, 3.63) is 50.7 Å². The van der Waals surface area contributed by atoms with Crippen molar-refractivity contribution in [1.82, 2.24) is 19.7 Å². The van der Waals surface area contributed by atoms with E-state index in [0.29, 0.717) is 37.2 Å². The van der Waals surface area contributed by atoms with E-state index in [9.17, 15) is 14.9 Å². The van der Waals surface area contributed by atoms with Gasteiger partial charge < -0.3 is 14.5 Å². The minimum Gasteiger partial charge on any atom is -0.468 e. The lowest BCUT2D eigenvalue weighted by atomic mass is 10.1. The molecular weight excluding hydrogens is 430 g/mol. The number of ether oxygens (including phenoxy) is 1. The molecule has 0 saturated heterocycles. The fraction of sp³-hybridized carbons (Fsp3) is 0.579. The van der Waals surface area contributed by atoms with Gasteiger partial charge in [0.15, 0.2) is 5.82 Å². The summed E-state index contributed by atoms with van der Waals surface area (Å²) in [6.07, 6.45) is 4.19. The third-order valence-corrected chi connectivity index (χ3v) is 5.81. The first kappa shape index (κ1) is 24.2. The number of nitrogens with zero attached hydrogens (tertiary/aromatic N) is 5. The second-order valence-electron chi connectivity index (χ2n) is 6.94. The van der Waals surface area contributed by atoms with E-state index < -0.39 is 6.04 Å². The van der Waals surface area contributed by atoms with E-state index in [1.165, 1.54) is 7.11 Å². The molecule has 1 aromatic heterocycles. The largest absolute Gasteiger partial charge is 0.468 e. The van der Waals surface area contributed by atoms with Gasteiger partial charge in [-0.2, -0.15) is 11.8 Å². The van der Waals surface area contributed by atoms with E-state index >= 15 is 0 Å². The van der Waals surface area contributed by atoms with Crippen LogP contribution in [0.5, 0.6) is 0 Å². The van der Waals surface area contributed by atoms with Gasteiger partial charge in [-0.1, -0.05) is 17.7 Å². The first-order valence-corrected chi connectivity index (χ1v) is 11.3. The number of rotatable bonds is 10. The van der Waals surface area contributed by atoms with Crippen molar-refractivity contribution >= 4 is 29.3 Å². The third-order valence-electron chi connectivity index (χ3n) is 4.94. The van der Waals surface area contributed by atoms with Gasteiger partial charge in [-0.15, -0.1) is 0 Å². The number of aromatic nitrogens is 1. The van der Waals surface area contributed by atoms with Gasteiger partial charge in [0.25, 0.3) is 5.70 Å². The highest BCUT2D eigenvalue weighted by molar-refractivity contribution is 7.98. The predicted octanol–water partition coefficient (Wildman–Crippen LogP) is 2.50. The van der Waals surface area contributed by atoms with Gasteiger partial charge in [-0.25, -0.2) is 4.98 Å². The average molecular weight is 458 g/mol. The number of hydrogen-bond acceptors (Lipinski definition) is 9. The van der Waals surface area contributed by atoms with Crippen LogP contribution in [0.4, 0.5) is 0 Å². The highest BCUT2D eigenvalue weighted by Crippen LogP contribution is 2.26. The summed E-state index contributed by atoms with van der Waals surface area (Å²) in [7, 11) is 3.15. The maximum atomic E-state index is 12.3. The van der Waals surface area contributed by atoms with Gasteiger partial charge in [0.2, 0.25) is 0 Å². The number of esters is 1. The first-order chi connectivity index (χ1) is 14.3. The van der Waals surface area contributed by atoms with Gasteiger partial charge >= 0.3 is 5.97 Å². The van der Waals surface area contributed by atoms with Crippen molar-refractivity contribution in [2.45, 2.75) is 25.9 Å². The Morgan fingerprint density at radius 1 is 1.50 bits per heavy atom. The van der Waals surface area contributed by atoms with Crippen molar-refractivity contribution in [2.24, 2.45) is 0 Å². The number of pyridine rings is 1. The summed E-state index contributed by atoms with van der Waals surface area (Å²) in [5, 5.41) is 12.4. The lowest BCUT2D eigenvalue weighted by Crippen LogP contribution is -2.54. The standard InChI is InChI=1S/C19H28ClN5O4S/c1-5-23(11-14-6-7-17(20)21-10-14)18-16(25(27)28)12-24(13-22(18)2)15(8-9-30-4)19(26)29-3/h6-7,10,15H,5,8-9,11-13H2,1-4H3/t15-/m0/s1. The molecule has 0 amide bonds. The van der Waals surface area contributed by atoms with Crippen molar-refractivity contribution in [1.29, 1.82) is 0 Å². The zero-order valence-corrected chi connectivity index (χ0v) is 19.3. The number of thioether (sulfide) groups is 1. The highest BCUT2D eigenvalue weighted by Gasteiger charge is 2.38. The second-order valence-corrected chi connectivity index (χ2v) is 8.31. The van der Waals surface area contributed by atoms with Crippen LogP contribution in [0.1, 0.15) is 18.9 Å². The van der Waals surface area contributed by atoms with E-state index in [4.69, 9.17) is 16.3 Å². The number of nitro groups is 1. The number of carbonyl (C=O) groups excluding carboxylic acids is 1. The average Bonchev–Trinajstić information content (AvgIpc) is 2.73. The van der Waals surface area contributed by atoms with Crippen LogP contribution in [0.3, 0.4) is 0 Å². The highest BCUT2D eigenvalue weighted by atomic mass is 35.5. The predicted molar refractivity (Wildman–Crippen MR) is 117 cm³/mol. The van der Waals surface area contributed by atoms with Gasteiger partial charge in [-0.05, 0) is 37.0 Å². The Morgan fingerprint density at radius 3 is 2.77 bits per heavy atom. The molecule has 1 atom stereocenters. The molecule has 0 aromatic carbocycles. The molecule has 30 heavy (non-hydrogen) atoms. The quantitative estimate of drug-likeness (QED) is 0.227. The lowest BCUT2D eigenvalue weighted by molar-refractivity contribution is -0.434. The molecular formula is C19H28ClN5O4S. The fourth-order valence-corrected chi connectivity index (χ4v) is 4.09. The normalized spacial score (nSPS) is 15.8. The molecule has 11 heteroatoms. The number of carbonyl (C=O) groups is 1. The molecule has 0 spiro atoms. The number of hydrogen-bond donors (Lipinski definition) is 0. The molecule has 0 radical (unpaired) electrons. The molecule has 0 saturated carbocycles. The summed E-state index contributed by atoms with van der Waals surface area (Å²) < 4.78 is 4.96. The zero-order chi connectivity index (χ0) is 22.3. The van der Waals surface area contributed by atoms with Crippen LogP contribution in [0, 0.1) is 10.1 Å². The van der Waals surface area contributed by atoms with Gasteiger partial charge in [0.1, 0.15) is 11.2 Å². The van der Waals surface area contributed by atoms with Crippen LogP contribution in [0.25, 0.3) is 0 Å². The Kier molecular flexibility index (Phi) is 9.19. The first-order valence-electron chi connectivity index (χ1n) is 9.57. The third kappa shape index (κ3) is 5.99. The molecule has 166 valence electrons. The van der Waals surface area contributed by atoms with Crippen LogP contribution >= 0.6 is 23.4 Å². The van der Waals surface area contributed by atoms with E-state index in [0.717, 1.165) is 11.3 Å². The van der Waals surface area contributed by atoms with E-state index in [-0.39, 0.29) is 23.1 Å². The number of methoxy groups -OCH3 is 1. The van der Waals surface area contributed by atoms with Crippen molar-refractivity contribution in [3.63, 3.8) is 0 Å². The summed E-state index contributed by atoms with van der Waals surface area (Å²) in [5.41, 5.74) is 0.963. The molecule has 2 rings (SSSR count). The molecule has 0 N–H and O–H groups in total. The molecule has 0 fully saturated rings. The smallest absolute Gasteiger partial charge is 0.323 e. The zero-order valence-electron chi connectivity index (χ0n) is 17.7. The monoisotopic (exact) mass is 457 g/mol. The summed E-state index contributed by atoms with van der Waals surface area (Å²) in [4.78, 5) is 33.6. The SMILES string of the molecule is CCN(Cc1ccc(Cl)nc1)C1=C([N+](=O)[O-])CN([C@@H](CCSC)C(=O)OC)CN1C. The van der Waals surface area contributed by atoms with Crippen LogP contribution in [0.15, 0.2) is 29.8 Å². The second kappa shape index (κ2) is 11.4. The Hall–Kier alpha value is -2.04. The molecule has 1 aliphatic rings. The molecule has 9 nitrogen and oxygen atoms in total. The molecule has 0 aliphatic carbocycles. The van der Waals surface area contributed by atoms with E-state index in [2.05, 4.69) is 4.98 Å². The number of halogens is 1. The van der Waals surface area contributed by atoms with E-state index in [1.807, 2.05) is 29.0 Å². The Bertz CT molecular complexity index is 777. The topological polar surface area (TPSA) is 92.0 Å². The molecule has 0 bridgehead atoms. The minimum absolute atomic E-state index is 0.0607. The van der Waals surface area contributed by atoms with Crippen LogP contribution < -0.4 is 0 Å². The Balaban J connectivity index is 2.34. The van der Waals surface area contributed by atoms with Crippen molar-refractivity contribution in [3.8, 4) is 0 Å². The molecule has 0 unspecified atom stereocenters. The Morgan fingerprint density at radius 2 is 2.23 bits per heavy atom. The lowest BCUT2D eigenvalue weighted by Gasteiger charge is -2.41. The van der Waals surface area contributed by atoms with Crippen LogP contribution in [-0.2, 0) is 16.1 Å². The Labute approximate surface area is 186 Å². The maximum Gasteiger partial charge on any atom is 0.323 e. The van der Waals surface area contributed by atoms with Crippen molar-refractivity contribution in [2.75, 3.05) is 45.9 Å². The fourth-order valence-electron chi connectivity index (χ4n) is 3.52. The summed E-state index contributed by atoms with van der Waals surface area (Å²) in [6.45, 7) is 3.44. The van der Waals surface area contributed by atoms with Crippen LogP contribution in [0.2, 0.25) is 5.15 Å². The maximum absolute atomic E-state index is 12.3. The van der Waals surface area contributed by atoms with Gasteiger partial charge in [0.05, 0.1) is 25.2 Å². The minimum atomic E-state index is -0.531. The molecule has 1 aliphatic heterocycles. The van der Waals surface area contributed by atoms with Gasteiger partial charge in [0, 0.05) is 26.3 Å². The summed E-state index contributed by atoms with van der Waals surface area (Å²) in [5.74, 6) is 0.931.